The maximum Gasteiger partial charge on any atom is 0.239 e. The van der Waals surface area contributed by atoms with Gasteiger partial charge in [-0.15, -0.1) is 22.7 Å². The van der Waals surface area contributed by atoms with Crippen LogP contribution >= 0.6 is 22.7 Å². The molecule has 0 amide bonds. The number of fused-ring (bicyclic) bond motifs is 2. The minimum Gasteiger partial charge on any atom is -0.435 e. The third-order valence-corrected chi connectivity index (χ3v) is 6.97. The van der Waals surface area contributed by atoms with Gasteiger partial charge in [-0.2, -0.15) is 0 Å². The largest absolute Gasteiger partial charge is 0.435 e. The predicted octanol–water partition coefficient (Wildman–Crippen LogP) is 9.54. The Morgan fingerprint density at radius 3 is 2.28 bits per heavy atom. The monoisotopic (exact) mass is 515 g/mol. The fourth-order valence-corrected chi connectivity index (χ4v) is 5.02. The van der Waals surface area contributed by atoms with Crippen LogP contribution in [0.15, 0.2) is 70.7 Å². The Kier molecular flexibility index (Phi) is 8.07. The number of benzene rings is 2. The van der Waals surface area contributed by atoms with Gasteiger partial charge in [0.1, 0.15) is 10.4 Å². The van der Waals surface area contributed by atoms with Crippen LogP contribution in [0.2, 0.25) is 0 Å². The molecule has 6 heteroatoms. The van der Waals surface area contributed by atoms with E-state index < -0.39 is 0 Å². The molecule has 0 fully saturated rings. The van der Waals surface area contributed by atoms with E-state index in [0.717, 1.165) is 26.9 Å². The molecule has 4 nitrogen and oxygen atoms in total. The summed E-state index contributed by atoms with van der Waals surface area (Å²) in [6, 6.07) is 17.0. The zero-order valence-corrected chi connectivity index (χ0v) is 23.6. The van der Waals surface area contributed by atoms with E-state index in [1.807, 2.05) is 32.0 Å². The second-order valence-electron chi connectivity index (χ2n) is 9.63. The number of hydrogen-bond donors (Lipinski definition) is 0. The van der Waals surface area contributed by atoms with Crippen LogP contribution in [-0.4, -0.2) is 14.5 Å². The Labute approximate surface area is 221 Å². The maximum absolute atomic E-state index is 5.71. The molecule has 6 aromatic rings. The SMILES string of the molecule is CC(C)C.Cc1ccc2c(ccn2-c2csc(C)c2)c1.Cc1ccc2nc(-c3cnc(C)s3)oc2c1. The summed E-state index contributed by atoms with van der Waals surface area (Å²) >= 11 is 3.39. The molecule has 0 atom stereocenters. The number of rotatable bonds is 2. The number of hydrogen-bond acceptors (Lipinski definition) is 5. The molecule has 0 aliphatic heterocycles. The molecule has 0 radical (unpaired) electrons. The summed E-state index contributed by atoms with van der Waals surface area (Å²) in [6.07, 6.45) is 3.95. The molecule has 2 aromatic carbocycles. The highest BCUT2D eigenvalue weighted by molar-refractivity contribution is 7.14. The van der Waals surface area contributed by atoms with E-state index >= 15 is 0 Å². The summed E-state index contributed by atoms with van der Waals surface area (Å²) in [5.74, 6) is 1.49. The Bertz CT molecular complexity index is 1570. The lowest BCUT2D eigenvalue weighted by molar-refractivity contribution is 0.621. The van der Waals surface area contributed by atoms with Crippen molar-refractivity contribution >= 4 is 44.7 Å². The number of aromatic nitrogens is 3. The highest BCUT2D eigenvalue weighted by Crippen LogP contribution is 2.29. The quantitative estimate of drug-likeness (QED) is 0.231. The molecule has 0 spiro atoms. The first-order valence-corrected chi connectivity index (χ1v) is 13.8. The van der Waals surface area contributed by atoms with Gasteiger partial charge < -0.3 is 8.98 Å². The molecule has 0 unspecified atom stereocenters. The van der Waals surface area contributed by atoms with Crippen molar-refractivity contribution < 1.29 is 4.42 Å². The first kappa shape index (κ1) is 25.9. The number of thiophene rings is 1. The number of nitrogens with zero attached hydrogens (tertiary/aromatic N) is 3. The van der Waals surface area contributed by atoms with Gasteiger partial charge in [0.25, 0.3) is 0 Å². The zero-order valence-electron chi connectivity index (χ0n) is 22.0. The highest BCUT2D eigenvalue weighted by Gasteiger charge is 2.10. The van der Waals surface area contributed by atoms with Crippen LogP contribution in [0.4, 0.5) is 0 Å². The molecular weight excluding hydrogens is 482 g/mol. The fraction of sp³-hybridized carbons (Fsp3) is 0.267. The van der Waals surface area contributed by atoms with Gasteiger partial charge in [0.15, 0.2) is 5.58 Å². The van der Waals surface area contributed by atoms with Crippen molar-refractivity contribution in [2.24, 2.45) is 5.92 Å². The summed E-state index contributed by atoms with van der Waals surface area (Å²) in [5.41, 5.74) is 6.76. The van der Waals surface area contributed by atoms with Gasteiger partial charge in [0, 0.05) is 21.8 Å². The number of oxazole rings is 1. The maximum atomic E-state index is 5.71. The van der Waals surface area contributed by atoms with Crippen LogP contribution in [-0.2, 0) is 0 Å². The van der Waals surface area contributed by atoms with Crippen molar-refractivity contribution in [2.75, 3.05) is 0 Å². The molecule has 0 saturated heterocycles. The first-order chi connectivity index (χ1) is 17.2. The minimum atomic E-state index is 0.659. The Balaban J connectivity index is 0.000000148. The molecule has 0 bridgehead atoms. The van der Waals surface area contributed by atoms with Crippen molar-refractivity contribution in [1.29, 1.82) is 0 Å². The third kappa shape index (κ3) is 6.31. The van der Waals surface area contributed by atoms with E-state index in [9.17, 15) is 0 Å². The van der Waals surface area contributed by atoms with E-state index in [0.29, 0.717) is 5.89 Å². The third-order valence-electron chi connectivity index (χ3n) is 5.22. The fourth-order valence-electron chi connectivity index (χ4n) is 3.64. The molecule has 0 N–H and O–H groups in total. The first-order valence-electron chi connectivity index (χ1n) is 12.1. The van der Waals surface area contributed by atoms with Crippen LogP contribution < -0.4 is 0 Å². The van der Waals surface area contributed by atoms with E-state index in [1.165, 1.54) is 32.6 Å². The van der Waals surface area contributed by atoms with E-state index in [-0.39, 0.29) is 0 Å². The molecule has 4 heterocycles. The van der Waals surface area contributed by atoms with Gasteiger partial charge >= 0.3 is 0 Å². The minimum absolute atomic E-state index is 0.659. The van der Waals surface area contributed by atoms with Gasteiger partial charge in [0.2, 0.25) is 5.89 Å². The van der Waals surface area contributed by atoms with E-state index in [1.54, 1.807) is 28.9 Å². The van der Waals surface area contributed by atoms with Crippen LogP contribution in [0.25, 0.3) is 38.5 Å². The van der Waals surface area contributed by atoms with Gasteiger partial charge in [-0.25, -0.2) is 9.97 Å². The van der Waals surface area contributed by atoms with Crippen molar-refractivity contribution in [2.45, 2.75) is 48.5 Å². The Morgan fingerprint density at radius 2 is 1.61 bits per heavy atom. The summed E-state index contributed by atoms with van der Waals surface area (Å²) in [5, 5.41) is 4.53. The van der Waals surface area contributed by atoms with Gasteiger partial charge in [-0.3, -0.25) is 0 Å². The molecule has 4 aromatic heterocycles. The van der Waals surface area contributed by atoms with Crippen molar-refractivity contribution in [3.63, 3.8) is 0 Å². The smallest absolute Gasteiger partial charge is 0.239 e. The summed E-state index contributed by atoms with van der Waals surface area (Å²) in [4.78, 5) is 11.0. The molecule has 186 valence electrons. The average Bonchev–Trinajstić information content (AvgIpc) is 3.59. The normalized spacial score (nSPS) is 10.9. The molecular formula is C30H33N3OS2. The topological polar surface area (TPSA) is 43.9 Å². The van der Waals surface area contributed by atoms with Gasteiger partial charge in [0.05, 0.1) is 22.4 Å². The van der Waals surface area contributed by atoms with Gasteiger partial charge in [-0.05, 0) is 75.6 Å². The lowest BCUT2D eigenvalue weighted by atomic mass is 10.2. The van der Waals surface area contributed by atoms with Crippen LogP contribution in [0.5, 0.6) is 0 Å². The second kappa shape index (κ2) is 11.2. The summed E-state index contributed by atoms with van der Waals surface area (Å²) in [7, 11) is 0. The standard InChI is InChI=1S/C14H13NS.C12H10N2OS.C4H10/c1-10-3-4-14-12(7-10)5-6-15(14)13-8-11(2)16-9-13;1-7-3-4-9-10(5-7)15-12(14-9)11-6-13-8(2)16-11;1-4(2)3/h3-9H,1-2H3;3-6H,1-2H3;4H,1-3H3. The van der Waals surface area contributed by atoms with E-state index in [2.05, 4.69) is 91.1 Å². The van der Waals surface area contributed by atoms with Crippen molar-refractivity contribution in [3.05, 3.63) is 87.3 Å². The molecule has 6 rings (SSSR count). The number of aryl methyl sites for hydroxylation is 4. The lowest BCUT2D eigenvalue weighted by Crippen LogP contribution is -1.88. The predicted molar refractivity (Wildman–Crippen MR) is 156 cm³/mol. The summed E-state index contributed by atoms with van der Waals surface area (Å²) < 4.78 is 7.96. The summed E-state index contributed by atoms with van der Waals surface area (Å²) in [6.45, 7) is 14.8. The van der Waals surface area contributed by atoms with Crippen molar-refractivity contribution in [3.8, 4) is 16.5 Å². The molecule has 0 saturated carbocycles. The molecule has 0 aliphatic rings. The van der Waals surface area contributed by atoms with Crippen molar-refractivity contribution in [1.82, 2.24) is 14.5 Å². The van der Waals surface area contributed by atoms with Crippen LogP contribution in [0.1, 0.15) is 41.8 Å². The second-order valence-corrected chi connectivity index (χ2v) is 12.0. The highest BCUT2D eigenvalue weighted by atomic mass is 32.1. The van der Waals surface area contributed by atoms with E-state index in [4.69, 9.17) is 4.42 Å². The number of thiazole rings is 1. The van der Waals surface area contributed by atoms with Crippen LogP contribution in [0.3, 0.4) is 0 Å². The Hall–Kier alpha value is -3.22. The molecule has 36 heavy (non-hydrogen) atoms. The lowest BCUT2D eigenvalue weighted by Gasteiger charge is -2.02. The molecule has 0 aliphatic carbocycles. The zero-order chi connectivity index (χ0) is 25.8. The van der Waals surface area contributed by atoms with Crippen LogP contribution in [0, 0.1) is 33.6 Å². The Morgan fingerprint density at radius 1 is 0.889 bits per heavy atom. The van der Waals surface area contributed by atoms with Gasteiger partial charge in [-0.1, -0.05) is 38.5 Å². The average molecular weight is 516 g/mol.